The molecule has 80 valence electrons. The Labute approximate surface area is 89.5 Å². The summed E-state index contributed by atoms with van der Waals surface area (Å²) in [5.74, 6) is -0.107. The summed E-state index contributed by atoms with van der Waals surface area (Å²) in [5.41, 5.74) is 5.97. The molecule has 0 aromatic rings. The molecule has 1 atom stereocenters. The number of nitrogens with two attached hydrogens (primary N) is 1. The fraction of sp³-hybridized carbons (Fsp3) is 0.667. The van der Waals surface area contributed by atoms with E-state index in [1.807, 2.05) is 6.92 Å². The first kappa shape index (κ1) is 11.4. The predicted molar refractivity (Wildman–Crippen MR) is 57.9 cm³/mol. The maximum absolute atomic E-state index is 11.8. The van der Waals surface area contributed by atoms with Crippen LogP contribution in [0.3, 0.4) is 0 Å². The first-order chi connectivity index (χ1) is 6.54. The number of nitrogens with zero attached hydrogens (tertiary/aromatic N) is 1. The Morgan fingerprint density at radius 2 is 2.29 bits per heavy atom. The highest BCUT2D eigenvalue weighted by molar-refractivity contribution is 7.85. The summed E-state index contributed by atoms with van der Waals surface area (Å²) in [4.78, 5) is 13.9. The molecule has 2 N–H and O–H groups in total. The van der Waals surface area contributed by atoms with E-state index in [0.717, 1.165) is 0 Å². The molecular formula is C9H16N2O2S. The number of amides is 1. The lowest BCUT2D eigenvalue weighted by molar-refractivity contribution is -0.134. The van der Waals surface area contributed by atoms with Gasteiger partial charge in [-0.15, -0.1) is 12.6 Å². The molecule has 0 bridgehead atoms. The predicted octanol–water partition coefficient (Wildman–Crippen LogP) is 0.354. The van der Waals surface area contributed by atoms with Crippen molar-refractivity contribution in [1.29, 1.82) is 0 Å². The van der Waals surface area contributed by atoms with Gasteiger partial charge in [0.2, 0.25) is 0 Å². The van der Waals surface area contributed by atoms with Gasteiger partial charge in [0, 0.05) is 12.2 Å². The molecule has 0 saturated carbocycles. The number of thiol groups is 1. The molecule has 0 spiro atoms. The maximum Gasteiger partial charge on any atom is 0.262 e. The van der Waals surface area contributed by atoms with E-state index in [1.54, 1.807) is 11.8 Å². The Hall–Kier alpha value is -0.680. The van der Waals surface area contributed by atoms with Gasteiger partial charge in [-0.25, -0.2) is 0 Å². The fourth-order valence-corrected chi connectivity index (χ4v) is 1.46. The minimum atomic E-state index is -0.107. The van der Waals surface area contributed by atoms with Crippen LogP contribution in [-0.4, -0.2) is 36.6 Å². The molecule has 1 aliphatic rings. The average molecular weight is 216 g/mol. The van der Waals surface area contributed by atoms with Crippen LogP contribution in [0.25, 0.3) is 0 Å². The van der Waals surface area contributed by atoms with Crippen LogP contribution in [0.2, 0.25) is 0 Å². The number of allylic oxidation sites excluding steroid dienone is 1. The lowest BCUT2D eigenvalue weighted by atomic mass is 10.2. The quantitative estimate of drug-likeness (QED) is 0.491. The van der Waals surface area contributed by atoms with Gasteiger partial charge < -0.3 is 15.4 Å². The second-order valence-electron chi connectivity index (χ2n) is 3.45. The molecule has 1 rings (SSSR count). The summed E-state index contributed by atoms with van der Waals surface area (Å²) < 4.78 is 5.24. The molecule has 5 heteroatoms. The van der Waals surface area contributed by atoms with Crippen LogP contribution in [0, 0.1) is 0 Å². The van der Waals surface area contributed by atoms with Gasteiger partial charge in [-0.3, -0.25) is 4.79 Å². The largest absolute Gasteiger partial charge is 0.401 e. The second kappa shape index (κ2) is 4.70. The normalized spacial score (nSPS) is 24.5. The van der Waals surface area contributed by atoms with Crippen LogP contribution in [0.4, 0.5) is 0 Å². The summed E-state index contributed by atoms with van der Waals surface area (Å²) in [6.07, 6.45) is 0. The third kappa shape index (κ3) is 2.42. The third-order valence-corrected chi connectivity index (χ3v) is 2.75. The van der Waals surface area contributed by atoms with Crippen molar-refractivity contribution in [2.75, 3.05) is 19.8 Å². The summed E-state index contributed by atoms with van der Waals surface area (Å²) in [6, 6.07) is 0.0951. The van der Waals surface area contributed by atoms with Crippen LogP contribution < -0.4 is 5.73 Å². The molecule has 0 aromatic heterocycles. The first-order valence-corrected chi connectivity index (χ1v) is 5.02. The second-order valence-corrected chi connectivity index (χ2v) is 3.90. The Bertz CT molecular complexity index is 262. The first-order valence-electron chi connectivity index (χ1n) is 4.58. The molecule has 0 unspecified atom stereocenters. The Balaban J connectivity index is 2.73. The minimum Gasteiger partial charge on any atom is -0.401 e. The average Bonchev–Trinajstić information content (AvgIpc) is 2.16. The van der Waals surface area contributed by atoms with Gasteiger partial charge in [0.1, 0.15) is 0 Å². The molecule has 0 aromatic carbocycles. The molecule has 1 aliphatic heterocycles. The highest BCUT2D eigenvalue weighted by Gasteiger charge is 2.25. The van der Waals surface area contributed by atoms with E-state index in [0.29, 0.717) is 30.4 Å². The van der Waals surface area contributed by atoms with Crippen molar-refractivity contribution in [3.8, 4) is 0 Å². The van der Waals surface area contributed by atoms with Crippen molar-refractivity contribution in [3.05, 3.63) is 10.6 Å². The Kier molecular flexibility index (Phi) is 3.83. The van der Waals surface area contributed by atoms with E-state index in [1.165, 1.54) is 0 Å². The highest BCUT2D eigenvalue weighted by atomic mass is 32.1. The van der Waals surface area contributed by atoms with E-state index in [2.05, 4.69) is 12.6 Å². The van der Waals surface area contributed by atoms with Crippen molar-refractivity contribution in [3.63, 3.8) is 0 Å². The molecule has 1 heterocycles. The van der Waals surface area contributed by atoms with Gasteiger partial charge in [-0.05, 0) is 13.8 Å². The molecule has 14 heavy (non-hydrogen) atoms. The highest BCUT2D eigenvalue weighted by Crippen LogP contribution is 2.14. The fourth-order valence-electron chi connectivity index (χ4n) is 1.33. The van der Waals surface area contributed by atoms with E-state index in [-0.39, 0.29) is 11.9 Å². The minimum absolute atomic E-state index is 0.0951. The standard InChI is InChI=1S/C9H16N2O2S/c1-6-5-13-4-3-11(6)9(12)8(14)7(2)10/h6,14H,3-5,10H2,1-2H3/b8-7-/t6-/m0/s1. The van der Waals surface area contributed by atoms with E-state index in [9.17, 15) is 4.79 Å². The lowest BCUT2D eigenvalue weighted by Gasteiger charge is -2.33. The molecule has 1 fully saturated rings. The van der Waals surface area contributed by atoms with Crippen molar-refractivity contribution in [1.82, 2.24) is 4.90 Å². The molecule has 0 radical (unpaired) electrons. The number of morpholine rings is 1. The summed E-state index contributed by atoms with van der Waals surface area (Å²) in [5, 5.41) is 0. The number of carbonyl (C=O) groups excluding carboxylic acids is 1. The van der Waals surface area contributed by atoms with E-state index >= 15 is 0 Å². The zero-order valence-electron chi connectivity index (χ0n) is 8.49. The summed E-state index contributed by atoms with van der Waals surface area (Å²) in [6.45, 7) is 5.39. The number of hydrogen-bond donors (Lipinski definition) is 2. The monoisotopic (exact) mass is 216 g/mol. The number of carbonyl (C=O) groups is 1. The van der Waals surface area contributed by atoms with Gasteiger partial charge in [0.25, 0.3) is 5.91 Å². The van der Waals surface area contributed by atoms with Crippen LogP contribution in [-0.2, 0) is 9.53 Å². The van der Waals surface area contributed by atoms with Gasteiger partial charge in [0.05, 0.1) is 24.2 Å². The van der Waals surface area contributed by atoms with Gasteiger partial charge in [0.15, 0.2) is 0 Å². The Morgan fingerprint density at radius 1 is 1.64 bits per heavy atom. The van der Waals surface area contributed by atoms with Crippen LogP contribution >= 0.6 is 12.6 Å². The molecule has 4 nitrogen and oxygen atoms in total. The van der Waals surface area contributed by atoms with Gasteiger partial charge in [-0.2, -0.15) is 0 Å². The van der Waals surface area contributed by atoms with Gasteiger partial charge >= 0.3 is 0 Å². The van der Waals surface area contributed by atoms with Crippen molar-refractivity contribution in [2.45, 2.75) is 19.9 Å². The summed E-state index contributed by atoms with van der Waals surface area (Å²) >= 11 is 4.09. The smallest absolute Gasteiger partial charge is 0.262 e. The SMILES string of the molecule is C/C(N)=C(/S)C(=O)N1CCOC[C@@H]1C. The third-order valence-electron chi connectivity index (χ3n) is 2.20. The topological polar surface area (TPSA) is 55.6 Å². The van der Waals surface area contributed by atoms with Gasteiger partial charge in [-0.1, -0.05) is 0 Å². The molecule has 1 saturated heterocycles. The molecule has 1 amide bonds. The van der Waals surface area contributed by atoms with E-state index in [4.69, 9.17) is 10.5 Å². The number of ether oxygens (including phenoxy) is 1. The molecule has 0 aliphatic carbocycles. The van der Waals surface area contributed by atoms with E-state index < -0.39 is 0 Å². The van der Waals surface area contributed by atoms with Crippen LogP contribution in [0.5, 0.6) is 0 Å². The Morgan fingerprint density at radius 3 is 2.79 bits per heavy atom. The van der Waals surface area contributed by atoms with Crippen LogP contribution in [0.1, 0.15) is 13.8 Å². The summed E-state index contributed by atoms with van der Waals surface area (Å²) in [7, 11) is 0. The number of rotatable bonds is 1. The van der Waals surface area contributed by atoms with Crippen LogP contribution in [0.15, 0.2) is 10.6 Å². The van der Waals surface area contributed by atoms with Crippen molar-refractivity contribution >= 4 is 18.5 Å². The zero-order chi connectivity index (χ0) is 10.7. The lowest BCUT2D eigenvalue weighted by Crippen LogP contribution is -2.47. The van der Waals surface area contributed by atoms with Crippen molar-refractivity contribution in [2.24, 2.45) is 5.73 Å². The van der Waals surface area contributed by atoms with Crippen molar-refractivity contribution < 1.29 is 9.53 Å². The zero-order valence-corrected chi connectivity index (χ0v) is 9.38. The number of hydrogen-bond acceptors (Lipinski definition) is 4. The maximum atomic E-state index is 11.8. The molecular weight excluding hydrogens is 200 g/mol.